The van der Waals surface area contributed by atoms with E-state index in [1.807, 2.05) is 13.8 Å². The van der Waals surface area contributed by atoms with Gasteiger partial charge in [0.05, 0.1) is 5.69 Å². The molecule has 1 saturated carbocycles. The molecule has 0 spiro atoms. The summed E-state index contributed by atoms with van der Waals surface area (Å²) in [5, 5.41) is 13.0. The summed E-state index contributed by atoms with van der Waals surface area (Å²) in [7, 11) is 0. The smallest absolute Gasteiger partial charge is 0.270 e. The molecule has 2 atom stereocenters. The van der Waals surface area contributed by atoms with E-state index in [0.29, 0.717) is 37.7 Å². The molecule has 2 fully saturated rings. The molecule has 2 aliphatic rings. The van der Waals surface area contributed by atoms with Crippen molar-refractivity contribution >= 4 is 23.4 Å². The second-order valence-corrected chi connectivity index (χ2v) is 12.4. The lowest BCUT2D eigenvalue weighted by atomic mass is 9.83. The number of amides is 3. The number of benzene rings is 1. The third-order valence-corrected chi connectivity index (χ3v) is 9.01. The number of halogens is 1. The first kappa shape index (κ1) is 33.6. The van der Waals surface area contributed by atoms with E-state index in [0.717, 1.165) is 63.8 Å². The SMILES string of the molecule is CCC(=O)N[C@H](Cc1ccc(NC(=O)[C@@H](NC(=O)c2ccnn2CC)C2CCCCC2)c(F)c1)CN1CCN(C(C)C)CC1. The molecule has 3 N–H and O–H groups in total. The van der Waals surface area contributed by atoms with Crippen LogP contribution in [0.15, 0.2) is 30.5 Å². The normalized spacial score (nSPS) is 18.1. The van der Waals surface area contributed by atoms with Crippen molar-refractivity contribution in [2.75, 3.05) is 38.0 Å². The highest BCUT2D eigenvalue weighted by Gasteiger charge is 2.32. The maximum Gasteiger partial charge on any atom is 0.270 e. The van der Waals surface area contributed by atoms with Crippen molar-refractivity contribution in [1.29, 1.82) is 0 Å². The van der Waals surface area contributed by atoms with Gasteiger partial charge in [-0.1, -0.05) is 32.3 Å². The monoisotopic (exact) mass is 611 g/mol. The van der Waals surface area contributed by atoms with Crippen LogP contribution in [0.4, 0.5) is 10.1 Å². The van der Waals surface area contributed by atoms with Crippen LogP contribution in [0, 0.1) is 11.7 Å². The summed E-state index contributed by atoms with van der Waals surface area (Å²) in [4.78, 5) is 43.8. The van der Waals surface area contributed by atoms with Crippen LogP contribution in [0.1, 0.15) is 82.3 Å². The number of aryl methyl sites for hydroxylation is 1. The average Bonchev–Trinajstić information content (AvgIpc) is 3.51. The largest absolute Gasteiger partial charge is 0.352 e. The van der Waals surface area contributed by atoms with Crippen LogP contribution in [0.2, 0.25) is 0 Å². The van der Waals surface area contributed by atoms with Gasteiger partial charge in [-0.3, -0.25) is 28.9 Å². The molecule has 3 amide bonds. The van der Waals surface area contributed by atoms with E-state index in [9.17, 15) is 14.4 Å². The Morgan fingerprint density at radius 2 is 1.73 bits per heavy atom. The van der Waals surface area contributed by atoms with Crippen molar-refractivity contribution in [2.24, 2.45) is 5.92 Å². The molecule has 2 aromatic rings. The lowest BCUT2D eigenvalue weighted by molar-refractivity contribution is -0.121. The van der Waals surface area contributed by atoms with E-state index in [4.69, 9.17) is 0 Å². The van der Waals surface area contributed by atoms with Gasteiger partial charge in [-0.25, -0.2) is 4.39 Å². The molecule has 1 aromatic heterocycles. The van der Waals surface area contributed by atoms with Crippen LogP contribution in [0.5, 0.6) is 0 Å². The topological polar surface area (TPSA) is 112 Å². The van der Waals surface area contributed by atoms with Crippen molar-refractivity contribution in [1.82, 2.24) is 30.2 Å². The predicted molar refractivity (Wildman–Crippen MR) is 170 cm³/mol. The van der Waals surface area contributed by atoms with Crippen molar-refractivity contribution in [3.8, 4) is 0 Å². The van der Waals surface area contributed by atoms with Crippen LogP contribution >= 0.6 is 0 Å². The quantitative estimate of drug-likeness (QED) is 0.318. The number of rotatable bonds is 13. The summed E-state index contributed by atoms with van der Waals surface area (Å²) in [6.45, 7) is 13.2. The fourth-order valence-electron chi connectivity index (χ4n) is 6.40. The first-order valence-corrected chi connectivity index (χ1v) is 16.4. The molecule has 0 unspecified atom stereocenters. The average molecular weight is 612 g/mol. The van der Waals surface area contributed by atoms with Crippen molar-refractivity contribution in [3.63, 3.8) is 0 Å². The van der Waals surface area contributed by atoms with Gasteiger partial charge in [-0.15, -0.1) is 0 Å². The third kappa shape index (κ3) is 9.11. The molecular weight excluding hydrogens is 561 g/mol. The van der Waals surface area contributed by atoms with Gasteiger partial charge in [-0.2, -0.15) is 5.10 Å². The number of piperazine rings is 1. The minimum Gasteiger partial charge on any atom is -0.352 e. The maximum absolute atomic E-state index is 15.4. The minimum atomic E-state index is -0.785. The van der Waals surface area contributed by atoms with Gasteiger partial charge in [0.1, 0.15) is 17.6 Å². The molecule has 11 heteroatoms. The Labute approximate surface area is 261 Å². The molecule has 0 bridgehead atoms. The van der Waals surface area contributed by atoms with Crippen molar-refractivity contribution in [3.05, 3.63) is 47.5 Å². The lowest BCUT2D eigenvalue weighted by Gasteiger charge is -2.38. The van der Waals surface area contributed by atoms with Gasteiger partial charge < -0.3 is 16.0 Å². The molecule has 1 aromatic carbocycles. The maximum atomic E-state index is 15.4. The summed E-state index contributed by atoms with van der Waals surface area (Å²) in [6, 6.07) is 6.01. The molecule has 10 nitrogen and oxygen atoms in total. The highest BCUT2D eigenvalue weighted by molar-refractivity contribution is 6.00. The zero-order chi connectivity index (χ0) is 31.6. The lowest BCUT2D eigenvalue weighted by Crippen LogP contribution is -2.53. The Bertz CT molecular complexity index is 1250. The summed E-state index contributed by atoms with van der Waals surface area (Å²) in [5.74, 6) is -1.39. The number of hydrogen-bond donors (Lipinski definition) is 3. The summed E-state index contributed by atoms with van der Waals surface area (Å²) in [5.41, 5.74) is 1.21. The number of hydrogen-bond acceptors (Lipinski definition) is 6. The van der Waals surface area contributed by atoms with E-state index >= 15 is 4.39 Å². The number of carbonyl (C=O) groups is 3. The first-order chi connectivity index (χ1) is 21.2. The second kappa shape index (κ2) is 16.1. The van der Waals surface area contributed by atoms with E-state index in [1.54, 1.807) is 29.1 Å². The molecule has 44 heavy (non-hydrogen) atoms. The van der Waals surface area contributed by atoms with E-state index in [2.05, 4.69) is 44.7 Å². The standard InChI is InChI=1S/C33H50FN7O3/c1-5-30(42)36-26(22-39-16-18-40(19-17-39)23(3)4)20-24-12-13-28(27(34)21-24)37-33(44)31(25-10-8-7-9-11-25)38-32(43)29-14-15-35-41(29)6-2/h12-15,21,23,25-26,31H,5-11,16-20,22H2,1-4H3,(H,36,42)(H,37,44)(H,38,43)/t26-,31+/m1/s1. The second-order valence-electron chi connectivity index (χ2n) is 12.4. The number of anilines is 1. The van der Waals surface area contributed by atoms with Crippen molar-refractivity contribution < 1.29 is 18.8 Å². The molecule has 0 radical (unpaired) electrons. The number of carbonyl (C=O) groups excluding carboxylic acids is 3. The van der Waals surface area contributed by atoms with Crippen LogP contribution in [-0.4, -0.2) is 88.2 Å². The van der Waals surface area contributed by atoms with Gasteiger partial charge in [0.2, 0.25) is 11.8 Å². The van der Waals surface area contributed by atoms with Crippen LogP contribution in [0.3, 0.4) is 0 Å². The zero-order valence-electron chi connectivity index (χ0n) is 26.8. The fourth-order valence-corrected chi connectivity index (χ4v) is 6.40. The van der Waals surface area contributed by atoms with Crippen LogP contribution < -0.4 is 16.0 Å². The Morgan fingerprint density at radius 1 is 1.00 bits per heavy atom. The Balaban J connectivity index is 1.43. The highest BCUT2D eigenvalue weighted by Crippen LogP contribution is 2.28. The molecule has 4 rings (SSSR count). The summed E-state index contributed by atoms with van der Waals surface area (Å²) in [6.07, 6.45) is 7.16. The van der Waals surface area contributed by atoms with Gasteiger partial charge in [0.15, 0.2) is 0 Å². The third-order valence-electron chi connectivity index (χ3n) is 9.01. The van der Waals surface area contributed by atoms with Gasteiger partial charge >= 0.3 is 0 Å². The summed E-state index contributed by atoms with van der Waals surface area (Å²) >= 11 is 0. The molecule has 1 saturated heterocycles. The molecule has 1 aliphatic carbocycles. The predicted octanol–water partition coefficient (Wildman–Crippen LogP) is 3.82. The van der Waals surface area contributed by atoms with E-state index in [1.165, 1.54) is 6.07 Å². The molecule has 242 valence electrons. The first-order valence-electron chi connectivity index (χ1n) is 16.4. The molecule has 2 heterocycles. The summed E-state index contributed by atoms with van der Waals surface area (Å²) < 4.78 is 17.0. The van der Waals surface area contributed by atoms with Crippen LogP contribution in [0.25, 0.3) is 0 Å². The number of nitrogens with zero attached hydrogens (tertiary/aromatic N) is 4. The van der Waals surface area contributed by atoms with Gasteiger partial charge in [0.25, 0.3) is 5.91 Å². The fraction of sp³-hybridized carbons (Fsp3) is 0.636. The van der Waals surface area contributed by atoms with Gasteiger partial charge in [0, 0.05) is 64.0 Å². The van der Waals surface area contributed by atoms with E-state index < -0.39 is 17.8 Å². The highest BCUT2D eigenvalue weighted by atomic mass is 19.1. The van der Waals surface area contributed by atoms with E-state index in [-0.39, 0.29) is 29.5 Å². The molecular formula is C33H50FN7O3. The number of aromatic nitrogens is 2. The number of nitrogens with one attached hydrogen (secondary N) is 3. The zero-order valence-corrected chi connectivity index (χ0v) is 26.8. The molecule has 1 aliphatic heterocycles. The Morgan fingerprint density at radius 3 is 2.36 bits per heavy atom. The Hall–Kier alpha value is -3.31. The van der Waals surface area contributed by atoms with Gasteiger partial charge in [-0.05, 0) is 69.7 Å². The Kier molecular flexibility index (Phi) is 12.3. The minimum absolute atomic E-state index is 0.0293. The van der Waals surface area contributed by atoms with Crippen LogP contribution in [-0.2, 0) is 22.6 Å². The van der Waals surface area contributed by atoms with Crippen molar-refractivity contribution in [2.45, 2.75) is 97.3 Å².